The van der Waals surface area contributed by atoms with E-state index in [-0.39, 0.29) is 16.9 Å². The highest BCUT2D eigenvalue weighted by Crippen LogP contribution is 2.34. The molecule has 2 aromatic carbocycles. The monoisotopic (exact) mass is 425 g/mol. The predicted molar refractivity (Wildman–Crippen MR) is 115 cm³/mol. The van der Waals surface area contributed by atoms with Crippen LogP contribution in [0.1, 0.15) is 0 Å². The molecule has 0 saturated carbocycles. The van der Waals surface area contributed by atoms with E-state index in [0.29, 0.717) is 28.1 Å². The zero-order valence-electron chi connectivity index (χ0n) is 16.3. The fraction of sp³-hybridized carbons (Fsp3) is 0. The first-order chi connectivity index (χ1) is 15.7. The van der Waals surface area contributed by atoms with Gasteiger partial charge in [-0.1, -0.05) is 24.3 Å². The normalized spacial score (nSPS) is 11.4. The molecule has 0 bridgehead atoms. The van der Waals surface area contributed by atoms with E-state index in [1.807, 2.05) is 18.2 Å². The number of aromatic nitrogens is 7. The third-order valence-corrected chi connectivity index (χ3v) is 5.27. The standard InChI is InChI=1S/C23H13F2N7/c24-14-6-4-12(5-7-14)15-2-1-3-16-21(15)30-23(29-16)22-18-17(31-32-22)10-28-20(19(18)25)13-8-26-11-27-9-13/h1-11H,(H,29,30)(H,31,32). The van der Waals surface area contributed by atoms with Crippen molar-refractivity contribution in [3.63, 3.8) is 0 Å². The fourth-order valence-corrected chi connectivity index (χ4v) is 3.78. The number of benzene rings is 2. The van der Waals surface area contributed by atoms with Gasteiger partial charge in [0, 0.05) is 23.5 Å². The van der Waals surface area contributed by atoms with Crippen molar-refractivity contribution in [3.8, 4) is 33.9 Å². The van der Waals surface area contributed by atoms with Crippen LogP contribution in [-0.4, -0.2) is 35.1 Å². The molecular formula is C23H13F2N7. The topological polar surface area (TPSA) is 96.0 Å². The first-order valence-electron chi connectivity index (χ1n) is 9.72. The van der Waals surface area contributed by atoms with Gasteiger partial charge in [0.25, 0.3) is 0 Å². The molecule has 2 N–H and O–H groups in total. The number of pyridine rings is 1. The van der Waals surface area contributed by atoms with Crippen molar-refractivity contribution in [2.24, 2.45) is 0 Å². The maximum atomic E-state index is 15.5. The molecule has 0 saturated heterocycles. The van der Waals surface area contributed by atoms with Gasteiger partial charge in [-0.25, -0.2) is 23.7 Å². The first-order valence-corrected chi connectivity index (χ1v) is 9.72. The van der Waals surface area contributed by atoms with Gasteiger partial charge in [0.2, 0.25) is 0 Å². The van der Waals surface area contributed by atoms with Crippen LogP contribution in [0.2, 0.25) is 0 Å². The molecule has 7 nitrogen and oxygen atoms in total. The summed E-state index contributed by atoms with van der Waals surface area (Å²) < 4.78 is 28.9. The lowest BCUT2D eigenvalue weighted by Crippen LogP contribution is -1.93. The molecule has 9 heteroatoms. The van der Waals surface area contributed by atoms with Crippen molar-refractivity contribution < 1.29 is 8.78 Å². The number of rotatable bonds is 3. The van der Waals surface area contributed by atoms with Crippen LogP contribution in [0.15, 0.2) is 67.4 Å². The third-order valence-electron chi connectivity index (χ3n) is 5.27. The number of hydrogen-bond acceptors (Lipinski definition) is 5. The van der Waals surface area contributed by atoms with Gasteiger partial charge in [-0.3, -0.25) is 10.1 Å². The molecule has 0 aliphatic rings. The number of nitrogens with zero attached hydrogens (tertiary/aromatic N) is 5. The summed E-state index contributed by atoms with van der Waals surface area (Å²) in [7, 11) is 0. The highest BCUT2D eigenvalue weighted by molar-refractivity contribution is 5.98. The van der Waals surface area contributed by atoms with E-state index in [0.717, 1.165) is 16.6 Å². The third kappa shape index (κ3) is 2.83. The molecule has 4 aromatic heterocycles. The van der Waals surface area contributed by atoms with Crippen molar-refractivity contribution in [1.82, 2.24) is 35.1 Å². The molecule has 0 atom stereocenters. The average Bonchev–Trinajstić information content (AvgIpc) is 3.45. The number of hydrogen-bond donors (Lipinski definition) is 2. The SMILES string of the molecule is Fc1ccc(-c2cccc3[nH]c(-c4n[nH]c5cnc(-c6cncnc6)c(F)c45)nc23)cc1. The molecule has 6 aromatic rings. The molecule has 0 unspecified atom stereocenters. The van der Waals surface area contributed by atoms with Gasteiger partial charge in [-0.2, -0.15) is 5.10 Å². The summed E-state index contributed by atoms with van der Waals surface area (Å²) >= 11 is 0. The van der Waals surface area contributed by atoms with Crippen molar-refractivity contribution in [2.75, 3.05) is 0 Å². The Morgan fingerprint density at radius 3 is 2.41 bits per heavy atom. The Kier molecular flexibility index (Phi) is 4.00. The number of halogens is 2. The molecule has 4 heterocycles. The van der Waals surface area contributed by atoms with E-state index in [4.69, 9.17) is 4.98 Å². The first kappa shape index (κ1) is 18.3. The maximum Gasteiger partial charge on any atom is 0.161 e. The number of imidazole rings is 1. The largest absolute Gasteiger partial charge is 0.337 e. The van der Waals surface area contributed by atoms with Gasteiger partial charge in [-0.05, 0) is 23.8 Å². The maximum absolute atomic E-state index is 15.5. The molecule has 0 fully saturated rings. The quantitative estimate of drug-likeness (QED) is 0.420. The van der Waals surface area contributed by atoms with Crippen LogP contribution in [0.3, 0.4) is 0 Å². The number of H-pyrrole nitrogens is 2. The summed E-state index contributed by atoms with van der Waals surface area (Å²) in [5.74, 6) is -0.447. The van der Waals surface area contributed by atoms with Crippen LogP contribution in [0.4, 0.5) is 8.78 Å². The summed E-state index contributed by atoms with van der Waals surface area (Å²) in [6.07, 6.45) is 5.89. The lowest BCUT2D eigenvalue weighted by atomic mass is 10.0. The van der Waals surface area contributed by atoms with E-state index in [1.165, 1.54) is 37.1 Å². The molecule has 0 amide bonds. The number of nitrogens with one attached hydrogen (secondary N) is 2. The molecule has 0 aliphatic heterocycles. The second-order valence-electron chi connectivity index (χ2n) is 7.20. The Labute approximate surface area is 179 Å². The lowest BCUT2D eigenvalue weighted by molar-refractivity contribution is 0.628. The summed E-state index contributed by atoms with van der Waals surface area (Å²) in [6.45, 7) is 0. The highest BCUT2D eigenvalue weighted by atomic mass is 19.1. The second kappa shape index (κ2) is 7.02. The Balaban J connectivity index is 1.54. The molecule has 32 heavy (non-hydrogen) atoms. The molecule has 0 radical (unpaired) electrons. The van der Waals surface area contributed by atoms with Crippen LogP contribution < -0.4 is 0 Å². The zero-order valence-corrected chi connectivity index (χ0v) is 16.3. The van der Waals surface area contributed by atoms with Crippen LogP contribution in [0, 0.1) is 11.6 Å². The number of aromatic amines is 2. The predicted octanol–water partition coefficient (Wildman–Crippen LogP) is 4.90. The average molecular weight is 425 g/mol. The minimum absolute atomic E-state index is 0.129. The van der Waals surface area contributed by atoms with Gasteiger partial charge in [0.15, 0.2) is 11.6 Å². The van der Waals surface area contributed by atoms with Crippen LogP contribution >= 0.6 is 0 Å². The van der Waals surface area contributed by atoms with Gasteiger partial charge in [-0.15, -0.1) is 0 Å². The van der Waals surface area contributed by atoms with Gasteiger partial charge in [0.1, 0.15) is 23.5 Å². The summed E-state index contributed by atoms with van der Waals surface area (Å²) in [5, 5.41) is 7.37. The van der Waals surface area contributed by atoms with Crippen LogP contribution in [0.25, 0.3) is 55.8 Å². The fourth-order valence-electron chi connectivity index (χ4n) is 3.78. The van der Waals surface area contributed by atoms with Crippen LogP contribution in [0.5, 0.6) is 0 Å². The van der Waals surface area contributed by atoms with Crippen molar-refractivity contribution in [2.45, 2.75) is 0 Å². The van der Waals surface area contributed by atoms with Crippen molar-refractivity contribution >= 4 is 21.9 Å². The molecule has 6 rings (SSSR count). The Bertz CT molecular complexity index is 1590. The zero-order chi connectivity index (χ0) is 21.7. The van der Waals surface area contributed by atoms with E-state index in [2.05, 4.69) is 30.1 Å². The smallest absolute Gasteiger partial charge is 0.161 e. The summed E-state index contributed by atoms with van der Waals surface area (Å²) in [6, 6.07) is 11.9. The second-order valence-corrected chi connectivity index (χ2v) is 7.20. The molecule has 0 aliphatic carbocycles. The van der Waals surface area contributed by atoms with E-state index >= 15 is 4.39 Å². The van der Waals surface area contributed by atoms with Gasteiger partial charge in [0.05, 0.1) is 28.1 Å². The Morgan fingerprint density at radius 1 is 0.781 bits per heavy atom. The Hall–Kier alpha value is -4.53. The minimum atomic E-state index is -0.541. The van der Waals surface area contributed by atoms with Gasteiger partial charge >= 0.3 is 0 Å². The minimum Gasteiger partial charge on any atom is -0.337 e. The summed E-state index contributed by atoms with van der Waals surface area (Å²) in [4.78, 5) is 20.0. The molecule has 0 spiro atoms. The summed E-state index contributed by atoms with van der Waals surface area (Å²) in [5.41, 5.74) is 4.45. The lowest BCUT2D eigenvalue weighted by Gasteiger charge is -2.03. The molecule has 154 valence electrons. The number of fused-ring (bicyclic) bond motifs is 2. The van der Waals surface area contributed by atoms with E-state index in [1.54, 1.807) is 12.1 Å². The van der Waals surface area contributed by atoms with E-state index < -0.39 is 5.82 Å². The van der Waals surface area contributed by atoms with Crippen LogP contribution in [-0.2, 0) is 0 Å². The highest BCUT2D eigenvalue weighted by Gasteiger charge is 2.21. The molecular weight excluding hydrogens is 412 g/mol. The van der Waals surface area contributed by atoms with Gasteiger partial charge < -0.3 is 4.98 Å². The van der Waals surface area contributed by atoms with E-state index in [9.17, 15) is 4.39 Å². The van der Waals surface area contributed by atoms with Crippen molar-refractivity contribution in [1.29, 1.82) is 0 Å². The van der Waals surface area contributed by atoms with Crippen molar-refractivity contribution in [3.05, 3.63) is 79.0 Å². The number of para-hydroxylation sites is 1. The Morgan fingerprint density at radius 2 is 1.59 bits per heavy atom.